The lowest BCUT2D eigenvalue weighted by Crippen LogP contribution is -2.07. The summed E-state index contributed by atoms with van der Waals surface area (Å²) in [4.78, 5) is 12.6. The summed E-state index contributed by atoms with van der Waals surface area (Å²) in [7, 11) is 0. The molecule has 0 saturated heterocycles. The molecule has 0 aromatic heterocycles. The molecule has 0 radical (unpaired) electrons. The molecule has 0 unspecified atom stereocenters. The van der Waals surface area contributed by atoms with Gasteiger partial charge in [0, 0.05) is 22.2 Å². The Labute approximate surface area is 119 Å². The number of hydrogen-bond donors (Lipinski definition) is 1. The number of benzene rings is 3. The average molecular weight is 283 g/mol. The number of hydrogen-bond acceptors (Lipinski definition) is 2. The lowest BCUT2D eigenvalue weighted by molar-refractivity contribution is 0.104. The Morgan fingerprint density at radius 3 is 2.33 bits per heavy atom. The average Bonchev–Trinajstić information content (AvgIpc) is 2.50. The molecule has 0 aliphatic carbocycles. The van der Waals surface area contributed by atoms with E-state index >= 15 is 0 Å². The number of ketones is 1. The maximum Gasteiger partial charge on any atom is 0.195 e. The molecule has 2 N–H and O–H groups in total. The minimum absolute atomic E-state index is 0.0757. The van der Waals surface area contributed by atoms with Crippen molar-refractivity contribution < 1.29 is 13.6 Å². The van der Waals surface area contributed by atoms with Gasteiger partial charge in [-0.3, -0.25) is 4.79 Å². The van der Waals surface area contributed by atoms with Gasteiger partial charge in [0.05, 0.1) is 0 Å². The number of carbonyl (C=O) groups is 1. The summed E-state index contributed by atoms with van der Waals surface area (Å²) in [6.45, 7) is 0. The molecule has 0 aliphatic heterocycles. The minimum atomic E-state index is -0.543. The molecular weight excluding hydrogens is 272 g/mol. The van der Waals surface area contributed by atoms with E-state index in [0.717, 1.165) is 6.07 Å². The third-order valence-corrected chi connectivity index (χ3v) is 3.38. The zero-order valence-corrected chi connectivity index (χ0v) is 10.9. The van der Waals surface area contributed by atoms with E-state index in [0.29, 0.717) is 16.3 Å². The Balaban J connectivity index is 2.23. The van der Waals surface area contributed by atoms with Crippen molar-refractivity contribution >= 4 is 22.2 Å². The van der Waals surface area contributed by atoms with Crippen molar-refractivity contribution in [2.24, 2.45) is 0 Å². The summed E-state index contributed by atoms with van der Waals surface area (Å²) in [5, 5.41) is 0.824. The van der Waals surface area contributed by atoms with Crippen LogP contribution in [0.3, 0.4) is 0 Å². The van der Waals surface area contributed by atoms with Crippen LogP contribution in [0.15, 0.2) is 54.6 Å². The Morgan fingerprint density at radius 1 is 0.857 bits per heavy atom. The van der Waals surface area contributed by atoms with Crippen molar-refractivity contribution in [3.05, 3.63) is 77.4 Å². The molecular formula is C17H11F2NO. The molecule has 0 bridgehead atoms. The topological polar surface area (TPSA) is 43.1 Å². The van der Waals surface area contributed by atoms with Crippen molar-refractivity contribution in [1.29, 1.82) is 0 Å². The SMILES string of the molecule is Nc1ccc(F)cc1C(=O)c1ccc(F)c2ccccc12. The van der Waals surface area contributed by atoms with E-state index in [1.54, 1.807) is 24.3 Å². The van der Waals surface area contributed by atoms with Gasteiger partial charge in [-0.15, -0.1) is 0 Å². The first-order chi connectivity index (χ1) is 10.1. The van der Waals surface area contributed by atoms with Crippen LogP contribution in [0, 0.1) is 11.6 Å². The summed E-state index contributed by atoms with van der Waals surface area (Å²) in [5.74, 6) is -1.38. The first kappa shape index (κ1) is 13.2. The van der Waals surface area contributed by atoms with Gasteiger partial charge in [0.1, 0.15) is 11.6 Å². The lowest BCUT2D eigenvalue weighted by atomic mass is 9.96. The number of nitrogen functional groups attached to an aromatic ring is 1. The summed E-state index contributed by atoms with van der Waals surface area (Å²) in [6, 6.07) is 12.9. The quantitative estimate of drug-likeness (QED) is 0.572. The third kappa shape index (κ3) is 2.25. The zero-order valence-electron chi connectivity index (χ0n) is 10.9. The highest BCUT2D eigenvalue weighted by atomic mass is 19.1. The van der Waals surface area contributed by atoms with E-state index in [4.69, 9.17) is 5.73 Å². The van der Waals surface area contributed by atoms with E-state index in [2.05, 4.69) is 0 Å². The molecule has 21 heavy (non-hydrogen) atoms. The smallest absolute Gasteiger partial charge is 0.195 e. The van der Waals surface area contributed by atoms with Crippen molar-refractivity contribution in [2.75, 3.05) is 5.73 Å². The van der Waals surface area contributed by atoms with Crippen LogP contribution in [-0.4, -0.2) is 5.78 Å². The Hall–Kier alpha value is -2.75. The highest BCUT2D eigenvalue weighted by Gasteiger charge is 2.17. The van der Waals surface area contributed by atoms with Gasteiger partial charge in [0.15, 0.2) is 5.78 Å². The van der Waals surface area contributed by atoms with Crippen molar-refractivity contribution in [3.63, 3.8) is 0 Å². The van der Waals surface area contributed by atoms with Crippen molar-refractivity contribution in [3.8, 4) is 0 Å². The molecule has 0 spiro atoms. The molecule has 3 rings (SSSR count). The Bertz CT molecular complexity index is 859. The Kier molecular flexibility index (Phi) is 3.14. The van der Waals surface area contributed by atoms with Crippen LogP contribution in [-0.2, 0) is 0 Å². The van der Waals surface area contributed by atoms with E-state index in [1.807, 2.05) is 0 Å². The maximum atomic E-state index is 13.8. The fourth-order valence-corrected chi connectivity index (χ4v) is 2.33. The normalized spacial score (nSPS) is 10.8. The summed E-state index contributed by atoms with van der Waals surface area (Å²) in [5.41, 5.74) is 6.30. The highest BCUT2D eigenvalue weighted by molar-refractivity contribution is 6.18. The molecule has 3 aromatic rings. The second kappa shape index (κ2) is 4.98. The number of carbonyl (C=O) groups excluding carboxylic acids is 1. The second-order valence-corrected chi connectivity index (χ2v) is 4.70. The van der Waals surface area contributed by atoms with E-state index in [1.165, 1.54) is 24.3 Å². The number of rotatable bonds is 2. The van der Waals surface area contributed by atoms with Gasteiger partial charge in [0.2, 0.25) is 0 Å². The molecule has 0 fully saturated rings. The lowest BCUT2D eigenvalue weighted by Gasteiger charge is -2.09. The largest absolute Gasteiger partial charge is 0.398 e. The molecule has 0 saturated carbocycles. The number of nitrogens with two attached hydrogens (primary N) is 1. The van der Waals surface area contributed by atoms with Crippen LogP contribution < -0.4 is 5.73 Å². The van der Waals surface area contributed by atoms with Crippen LogP contribution in [0.2, 0.25) is 0 Å². The summed E-state index contributed by atoms with van der Waals surface area (Å²) < 4.78 is 27.1. The standard InChI is InChI=1S/C17H11F2NO/c18-10-5-8-16(20)14(9-10)17(21)13-6-7-15(19)12-4-2-1-3-11(12)13/h1-9H,20H2. The molecule has 2 nitrogen and oxygen atoms in total. The van der Waals surface area contributed by atoms with Crippen LogP contribution in [0.5, 0.6) is 0 Å². The van der Waals surface area contributed by atoms with Crippen molar-refractivity contribution in [1.82, 2.24) is 0 Å². The molecule has 0 heterocycles. The molecule has 4 heteroatoms. The fraction of sp³-hybridized carbons (Fsp3) is 0. The van der Waals surface area contributed by atoms with Gasteiger partial charge in [-0.05, 0) is 35.7 Å². The number of halogens is 2. The third-order valence-electron chi connectivity index (χ3n) is 3.38. The van der Waals surface area contributed by atoms with Crippen LogP contribution >= 0.6 is 0 Å². The fourth-order valence-electron chi connectivity index (χ4n) is 2.33. The first-order valence-electron chi connectivity index (χ1n) is 6.35. The first-order valence-corrected chi connectivity index (χ1v) is 6.35. The van der Waals surface area contributed by atoms with Crippen LogP contribution in [0.25, 0.3) is 10.8 Å². The molecule has 0 atom stereocenters. The van der Waals surface area contributed by atoms with Crippen LogP contribution in [0.1, 0.15) is 15.9 Å². The summed E-state index contributed by atoms with van der Waals surface area (Å²) in [6.07, 6.45) is 0. The zero-order chi connectivity index (χ0) is 15.0. The van der Waals surface area contributed by atoms with Gasteiger partial charge in [-0.1, -0.05) is 24.3 Å². The molecule has 0 aliphatic rings. The van der Waals surface area contributed by atoms with Crippen molar-refractivity contribution in [2.45, 2.75) is 0 Å². The predicted molar refractivity (Wildman–Crippen MR) is 78.2 cm³/mol. The maximum absolute atomic E-state index is 13.8. The minimum Gasteiger partial charge on any atom is -0.398 e. The van der Waals surface area contributed by atoms with Gasteiger partial charge in [-0.25, -0.2) is 8.78 Å². The number of anilines is 1. The van der Waals surface area contributed by atoms with Gasteiger partial charge >= 0.3 is 0 Å². The van der Waals surface area contributed by atoms with E-state index in [9.17, 15) is 13.6 Å². The highest BCUT2D eigenvalue weighted by Crippen LogP contribution is 2.26. The van der Waals surface area contributed by atoms with E-state index < -0.39 is 17.4 Å². The van der Waals surface area contributed by atoms with Crippen LogP contribution in [0.4, 0.5) is 14.5 Å². The van der Waals surface area contributed by atoms with Gasteiger partial charge in [-0.2, -0.15) is 0 Å². The summed E-state index contributed by atoms with van der Waals surface area (Å²) >= 11 is 0. The monoisotopic (exact) mass is 283 g/mol. The Morgan fingerprint density at radius 2 is 1.57 bits per heavy atom. The van der Waals surface area contributed by atoms with Gasteiger partial charge in [0.25, 0.3) is 0 Å². The second-order valence-electron chi connectivity index (χ2n) is 4.70. The predicted octanol–water partition coefficient (Wildman–Crippen LogP) is 3.93. The van der Waals surface area contributed by atoms with Gasteiger partial charge < -0.3 is 5.73 Å². The molecule has 3 aromatic carbocycles. The molecule has 0 amide bonds. The number of fused-ring (bicyclic) bond motifs is 1. The molecule has 104 valence electrons. The van der Waals surface area contributed by atoms with E-state index in [-0.39, 0.29) is 11.3 Å².